The highest BCUT2D eigenvalue weighted by molar-refractivity contribution is 5.82. The Labute approximate surface area is 79.7 Å². The molecule has 0 aromatic rings. The molecule has 0 aromatic carbocycles. The predicted octanol–water partition coefficient (Wildman–Crippen LogP) is 1.75. The molecule has 1 aliphatic rings. The number of likely N-dealkylation sites (tertiary alicyclic amines) is 1. The summed E-state index contributed by atoms with van der Waals surface area (Å²) in [5, 5.41) is 0. The maximum Gasteiger partial charge on any atom is 0.471 e. The zero-order valence-corrected chi connectivity index (χ0v) is 7.47. The zero-order chi connectivity index (χ0) is 10.9. The lowest BCUT2D eigenvalue weighted by atomic mass is 10.1. The fourth-order valence-electron chi connectivity index (χ4n) is 1.37. The smallest absolute Gasteiger partial charge is 0.330 e. The number of nitrogens with zero attached hydrogens (tertiary/aromatic N) is 1. The van der Waals surface area contributed by atoms with Crippen molar-refractivity contribution in [1.82, 2.24) is 4.90 Å². The molecule has 1 unspecified atom stereocenters. The second-order valence-corrected chi connectivity index (χ2v) is 3.18. The third-order valence-corrected chi connectivity index (χ3v) is 2.15. The summed E-state index contributed by atoms with van der Waals surface area (Å²) in [5.41, 5.74) is 0.595. The summed E-state index contributed by atoms with van der Waals surface area (Å²) in [6, 6.07) is 0. The van der Waals surface area contributed by atoms with E-state index in [0.29, 0.717) is 5.57 Å². The lowest BCUT2D eigenvalue weighted by molar-refractivity contribution is -0.184. The number of alkyl halides is 3. The molecule has 78 valence electrons. The molecule has 0 spiro atoms. The normalized spacial score (nSPS) is 22.6. The van der Waals surface area contributed by atoms with Crippen molar-refractivity contribution >= 4 is 5.91 Å². The fourth-order valence-corrected chi connectivity index (χ4v) is 1.37. The molecule has 0 saturated carbocycles. The average molecular weight is 205 g/mol. The molecule has 1 aliphatic heterocycles. The number of carbonyl (C=O) groups excluding carboxylic acids is 1. The Balaban J connectivity index is 2.71. The third kappa shape index (κ3) is 1.97. The number of hydrogen-bond acceptors (Lipinski definition) is 1. The number of rotatable bonds is 1. The van der Waals surface area contributed by atoms with E-state index in [2.05, 4.69) is 13.2 Å². The molecule has 1 amide bonds. The van der Waals surface area contributed by atoms with Crippen LogP contribution in [0.2, 0.25) is 0 Å². The summed E-state index contributed by atoms with van der Waals surface area (Å²) < 4.78 is 36.0. The van der Waals surface area contributed by atoms with Gasteiger partial charge in [-0.05, 0) is 5.57 Å². The first kappa shape index (κ1) is 10.8. The lowest BCUT2D eigenvalue weighted by Gasteiger charge is -2.16. The van der Waals surface area contributed by atoms with Crippen molar-refractivity contribution in [2.24, 2.45) is 5.92 Å². The third-order valence-electron chi connectivity index (χ3n) is 2.15. The minimum Gasteiger partial charge on any atom is -0.330 e. The van der Waals surface area contributed by atoms with Crippen molar-refractivity contribution in [1.29, 1.82) is 0 Å². The molecule has 0 bridgehead atoms. The molecule has 0 aromatic heterocycles. The van der Waals surface area contributed by atoms with Crippen LogP contribution in [0.3, 0.4) is 0 Å². The van der Waals surface area contributed by atoms with Gasteiger partial charge < -0.3 is 4.90 Å². The first-order valence-electron chi connectivity index (χ1n) is 4.02. The molecule has 0 N–H and O–H groups in total. The van der Waals surface area contributed by atoms with Crippen molar-refractivity contribution < 1.29 is 18.0 Å². The summed E-state index contributed by atoms with van der Waals surface area (Å²) in [6.07, 6.45) is -3.29. The molecule has 5 heteroatoms. The van der Waals surface area contributed by atoms with Gasteiger partial charge in [0.05, 0.1) is 0 Å². The average Bonchev–Trinajstić information content (AvgIpc) is 2.43. The van der Waals surface area contributed by atoms with Gasteiger partial charge >= 0.3 is 12.1 Å². The highest BCUT2D eigenvalue weighted by Crippen LogP contribution is 2.26. The summed E-state index contributed by atoms with van der Waals surface area (Å²) in [4.78, 5) is 11.5. The van der Waals surface area contributed by atoms with Gasteiger partial charge in [-0.15, -0.1) is 6.58 Å². The van der Waals surface area contributed by atoms with Gasteiger partial charge in [0.25, 0.3) is 0 Å². The predicted molar refractivity (Wildman–Crippen MR) is 45.5 cm³/mol. The van der Waals surface area contributed by atoms with Gasteiger partial charge in [0.1, 0.15) is 0 Å². The molecule has 1 atom stereocenters. The fraction of sp³-hybridized carbons (Fsp3) is 0.444. The SMILES string of the molecule is C=CC1CN(C(=O)C(F)(F)F)CC1=C. The van der Waals surface area contributed by atoms with E-state index in [1.54, 1.807) is 0 Å². The van der Waals surface area contributed by atoms with E-state index >= 15 is 0 Å². The Bertz CT molecular complexity index is 282. The standard InChI is InChI=1S/C9H10F3NO/c1-3-7-5-13(4-6(7)2)8(14)9(10,11)12/h3,7H,1-2,4-5H2. The van der Waals surface area contributed by atoms with Gasteiger partial charge in [-0.3, -0.25) is 4.79 Å². The van der Waals surface area contributed by atoms with Crippen LogP contribution in [-0.2, 0) is 4.79 Å². The summed E-state index contributed by atoms with van der Waals surface area (Å²) in [5.74, 6) is -2.02. The van der Waals surface area contributed by atoms with Gasteiger partial charge in [-0.2, -0.15) is 13.2 Å². The van der Waals surface area contributed by atoms with Crippen LogP contribution in [0.15, 0.2) is 24.8 Å². The second-order valence-electron chi connectivity index (χ2n) is 3.18. The molecular weight excluding hydrogens is 195 g/mol. The minimum absolute atomic E-state index is 0.0284. The van der Waals surface area contributed by atoms with Crippen LogP contribution in [0.5, 0.6) is 0 Å². The summed E-state index contributed by atoms with van der Waals surface area (Å²) >= 11 is 0. The number of hydrogen-bond donors (Lipinski definition) is 0. The van der Waals surface area contributed by atoms with Gasteiger partial charge in [-0.25, -0.2) is 0 Å². The largest absolute Gasteiger partial charge is 0.471 e. The minimum atomic E-state index is -4.80. The van der Waals surface area contributed by atoms with Gasteiger partial charge in [-0.1, -0.05) is 12.7 Å². The molecule has 14 heavy (non-hydrogen) atoms. The van der Waals surface area contributed by atoms with Crippen LogP contribution in [-0.4, -0.2) is 30.1 Å². The van der Waals surface area contributed by atoms with Crippen molar-refractivity contribution in [3.8, 4) is 0 Å². The van der Waals surface area contributed by atoms with E-state index in [0.717, 1.165) is 4.90 Å². The maximum absolute atomic E-state index is 12.0. The lowest BCUT2D eigenvalue weighted by Crippen LogP contribution is -2.39. The van der Waals surface area contributed by atoms with Crippen LogP contribution in [0.4, 0.5) is 13.2 Å². The highest BCUT2D eigenvalue weighted by atomic mass is 19.4. The van der Waals surface area contributed by atoms with Crippen LogP contribution < -0.4 is 0 Å². The quantitative estimate of drug-likeness (QED) is 0.597. The molecule has 1 heterocycles. The van der Waals surface area contributed by atoms with Crippen molar-refractivity contribution in [3.05, 3.63) is 24.8 Å². The number of halogens is 3. The first-order valence-corrected chi connectivity index (χ1v) is 4.02. The molecule has 0 radical (unpaired) electrons. The Morgan fingerprint density at radius 3 is 2.50 bits per heavy atom. The number of carbonyl (C=O) groups is 1. The molecule has 0 aliphatic carbocycles. The second kappa shape index (κ2) is 3.48. The van der Waals surface area contributed by atoms with Crippen molar-refractivity contribution in [2.45, 2.75) is 6.18 Å². The van der Waals surface area contributed by atoms with Crippen molar-refractivity contribution in [3.63, 3.8) is 0 Å². The van der Waals surface area contributed by atoms with E-state index in [-0.39, 0.29) is 19.0 Å². The van der Waals surface area contributed by atoms with Gasteiger partial charge in [0.15, 0.2) is 0 Å². The van der Waals surface area contributed by atoms with Crippen LogP contribution >= 0.6 is 0 Å². The van der Waals surface area contributed by atoms with Crippen molar-refractivity contribution in [2.75, 3.05) is 13.1 Å². The van der Waals surface area contributed by atoms with E-state index in [9.17, 15) is 18.0 Å². The Hall–Kier alpha value is -1.26. The van der Waals surface area contributed by atoms with E-state index < -0.39 is 12.1 Å². The Morgan fingerprint density at radius 1 is 1.57 bits per heavy atom. The maximum atomic E-state index is 12.0. The molecule has 2 nitrogen and oxygen atoms in total. The molecule has 1 saturated heterocycles. The van der Waals surface area contributed by atoms with Gasteiger partial charge in [0, 0.05) is 19.0 Å². The molecule has 1 fully saturated rings. The monoisotopic (exact) mass is 205 g/mol. The van der Waals surface area contributed by atoms with E-state index in [1.165, 1.54) is 6.08 Å². The zero-order valence-electron chi connectivity index (χ0n) is 7.47. The number of amides is 1. The van der Waals surface area contributed by atoms with Crippen LogP contribution in [0.25, 0.3) is 0 Å². The van der Waals surface area contributed by atoms with Crippen LogP contribution in [0.1, 0.15) is 0 Å². The highest BCUT2D eigenvalue weighted by Gasteiger charge is 2.44. The van der Waals surface area contributed by atoms with Gasteiger partial charge in [0.2, 0.25) is 0 Å². The Morgan fingerprint density at radius 2 is 2.14 bits per heavy atom. The summed E-state index contributed by atoms with van der Waals surface area (Å²) in [7, 11) is 0. The van der Waals surface area contributed by atoms with E-state index in [4.69, 9.17) is 0 Å². The van der Waals surface area contributed by atoms with E-state index in [1.807, 2.05) is 0 Å². The van der Waals surface area contributed by atoms with Crippen LogP contribution in [0, 0.1) is 5.92 Å². The Kier molecular flexibility index (Phi) is 2.69. The topological polar surface area (TPSA) is 20.3 Å². The summed E-state index contributed by atoms with van der Waals surface area (Å²) in [6.45, 7) is 7.05. The molecular formula is C9H10F3NO. The first-order chi connectivity index (χ1) is 6.36. The molecule has 1 rings (SSSR count).